The Hall–Kier alpha value is -2.12. The molecule has 148 valence electrons. The highest BCUT2D eigenvalue weighted by molar-refractivity contribution is 6.01. The van der Waals surface area contributed by atoms with E-state index in [1.807, 2.05) is 0 Å². The summed E-state index contributed by atoms with van der Waals surface area (Å²) < 4.78 is 5.08. The summed E-state index contributed by atoms with van der Waals surface area (Å²) in [6, 6.07) is -0.427. The Kier molecular flexibility index (Phi) is 4.82. The van der Waals surface area contributed by atoms with Gasteiger partial charge in [-0.2, -0.15) is 0 Å². The molecule has 1 saturated heterocycles. The third-order valence-corrected chi connectivity index (χ3v) is 6.51. The van der Waals surface area contributed by atoms with Gasteiger partial charge in [-0.1, -0.05) is 0 Å². The molecule has 1 aliphatic heterocycles. The lowest BCUT2D eigenvalue weighted by Gasteiger charge is -2.56. The van der Waals surface area contributed by atoms with E-state index in [1.54, 1.807) is 0 Å². The van der Waals surface area contributed by atoms with E-state index in [0.29, 0.717) is 6.42 Å². The van der Waals surface area contributed by atoms with Gasteiger partial charge in [0.2, 0.25) is 5.91 Å². The lowest BCUT2D eigenvalue weighted by Crippen LogP contribution is -2.60. The molecule has 5 rings (SSSR count). The van der Waals surface area contributed by atoms with E-state index in [1.165, 1.54) is 19.3 Å². The molecule has 8 nitrogen and oxygen atoms in total. The summed E-state index contributed by atoms with van der Waals surface area (Å²) in [5.41, 5.74) is -0.0816. The summed E-state index contributed by atoms with van der Waals surface area (Å²) in [4.78, 5) is 48.1. The zero-order chi connectivity index (χ0) is 19.0. The number of ether oxygens (including phenoxy) is 1. The van der Waals surface area contributed by atoms with Crippen LogP contribution in [0.2, 0.25) is 0 Å². The number of carbonyl (C=O) groups is 4. The molecule has 8 heteroatoms. The zero-order valence-corrected chi connectivity index (χ0v) is 15.5. The Balaban J connectivity index is 1.17. The van der Waals surface area contributed by atoms with E-state index in [-0.39, 0.29) is 43.5 Å². The van der Waals surface area contributed by atoms with Crippen LogP contribution in [-0.4, -0.2) is 54.0 Å². The van der Waals surface area contributed by atoms with Gasteiger partial charge in [-0.05, 0) is 62.7 Å². The summed E-state index contributed by atoms with van der Waals surface area (Å²) in [6.45, 7) is -0.0727. The Morgan fingerprint density at radius 3 is 2.30 bits per heavy atom. The molecular formula is C19H27N3O5. The molecule has 0 spiro atoms. The van der Waals surface area contributed by atoms with Crippen LogP contribution in [0.25, 0.3) is 0 Å². The van der Waals surface area contributed by atoms with Gasteiger partial charge in [-0.25, -0.2) is 4.79 Å². The van der Waals surface area contributed by atoms with Crippen molar-refractivity contribution in [1.82, 2.24) is 15.5 Å². The Labute approximate surface area is 158 Å². The average Bonchev–Trinajstić information content (AvgIpc) is 2.90. The van der Waals surface area contributed by atoms with E-state index < -0.39 is 12.0 Å². The highest BCUT2D eigenvalue weighted by Gasteiger charge is 2.51. The molecule has 2 N–H and O–H groups in total. The quantitative estimate of drug-likeness (QED) is 0.508. The van der Waals surface area contributed by atoms with Crippen molar-refractivity contribution in [3.8, 4) is 0 Å². The van der Waals surface area contributed by atoms with E-state index in [9.17, 15) is 19.2 Å². The number of carbonyl (C=O) groups excluding carboxylic acids is 4. The molecule has 4 saturated carbocycles. The number of hydrogen-bond acceptors (Lipinski definition) is 5. The number of nitrogens with one attached hydrogen (secondary N) is 2. The van der Waals surface area contributed by atoms with Gasteiger partial charge >= 0.3 is 12.0 Å². The van der Waals surface area contributed by atoms with Crippen molar-refractivity contribution in [1.29, 1.82) is 0 Å². The Bertz CT molecular complexity index is 610. The molecule has 0 atom stereocenters. The maximum Gasteiger partial charge on any atom is 0.324 e. The van der Waals surface area contributed by atoms with Gasteiger partial charge in [0.15, 0.2) is 6.61 Å². The van der Waals surface area contributed by atoms with Crippen molar-refractivity contribution in [3.05, 3.63) is 0 Å². The first-order chi connectivity index (χ1) is 12.9. The van der Waals surface area contributed by atoms with Crippen molar-refractivity contribution in [2.45, 2.75) is 56.9 Å². The van der Waals surface area contributed by atoms with Crippen LogP contribution in [0.4, 0.5) is 4.79 Å². The molecule has 4 bridgehead atoms. The molecule has 5 fully saturated rings. The highest BCUT2D eigenvalue weighted by Crippen LogP contribution is 2.55. The lowest BCUT2D eigenvalue weighted by atomic mass is 9.53. The SMILES string of the molecule is O=C(COC(=O)CCCN1C(=O)CNC1=O)NC12CC3CC(CC(C3)C1)C2. The predicted molar refractivity (Wildman–Crippen MR) is 94.4 cm³/mol. The van der Waals surface area contributed by atoms with Gasteiger partial charge in [0.1, 0.15) is 0 Å². The number of rotatable bonds is 7. The summed E-state index contributed by atoms with van der Waals surface area (Å²) in [5, 5.41) is 5.60. The zero-order valence-electron chi connectivity index (χ0n) is 15.5. The van der Waals surface area contributed by atoms with Gasteiger partial charge in [-0.15, -0.1) is 0 Å². The van der Waals surface area contributed by atoms with Crippen molar-refractivity contribution in [2.75, 3.05) is 19.7 Å². The molecule has 4 amide bonds. The number of esters is 1. The maximum absolute atomic E-state index is 12.3. The molecule has 0 unspecified atom stereocenters. The van der Waals surface area contributed by atoms with Crippen LogP contribution in [0.15, 0.2) is 0 Å². The van der Waals surface area contributed by atoms with Gasteiger partial charge in [0.25, 0.3) is 5.91 Å². The normalized spacial score (nSPS) is 33.9. The van der Waals surface area contributed by atoms with Gasteiger partial charge in [-0.3, -0.25) is 19.3 Å². The van der Waals surface area contributed by atoms with Crippen molar-refractivity contribution in [3.63, 3.8) is 0 Å². The molecule has 0 aromatic carbocycles. The molecular weight excluding hydrogens is 350 g/mol. The lowest BCUT2D eigenvalue weighted by molar-refractivity contribution is -0.150. The first-order valence-electron chi connectivity index (χ1n) is 9.97. The maximum atomic E-state index is 12.3. The average molecular weight is 377 g/mol. The molecule has 0 radical (unpaired) electrons. The Morgan fingerprint density at radius 1 is 1.11 bits per heavy atom. The van der Waals surface area contributed by atoms with E-state index in [2.05, 4.69) is 10.6 Å². The number of urea groups is 1. The van der Waals surface area contributed by atoms with Crippen molar-refractivity contribution >= 4 is 23.8 Å². The fraction of sp³-hybridized carbons (Fsp3) is 0.789. The monoisotopic (exact) mass is 377 g/mol. The fourth-order valence-corrected chi connectivity index (χ4v) is 5.88. The van der Waals surface area contributed by atoms with Crippen LogP contribution < -0.4 is 10.6 Å². The first kappa shape index (κ1) is 18.3. The van der Waals surface area contributed by atoms with Crippen LogP contribution >= 0.6 is 0 Å². The molecule has 27 heavy (non-hydrogen) atoms. The largest absolute Gasteiger partial charge is 0.456 e. The summed E-state index contributed by atoms with van der Waals surface area (Å²) in [7, 11) is 0. The number of imide groups is 1. The number of nitrogens with zero attached hydrogens (tertiary/aromatic N) is 1. The second-order valence-electron chi connectivity index (χ2n) is 8.71. The van der Waals surface area contributed by atoms with Crippen molar-refractivity contribution < 1.29 is 23.9 Å². The first-order valence-corrected chi connectivity index (χ1v) is 9.97. The predicted octanol–water partition coefficient (Wildman–Crippen LogP) is 0.947. The summed E-state index contributed by atoms with van der Waals surface area (Å²) >= 11 is 0. The molecule has 0 aromatic heterocycles. The fourth-order valence-electron chi connectivity index (χ4n) is 5.88. The standard InChI is InChI=1S/C19H27N3O5/c23-15(21-19-7-12-4-13(8-19)6-14(5-12)9-19)11-27-17(25)2-1-3-22-16(24)10-20-18(22)26/h12-14H,1-11H2,(H,20,26)(H,21,23). The minimum atomic E-state index is -0.484. The van der Waals surface area contributed by atoms with Crippen molar-refractivity contribution in [2.24, 2.45) is 17.8 Å². The van der Waals surface area contributed by atoms with E-state index >= 15 is 0 Å². The Morgan fingerprint density at radius 2 is 1.74 bits per heavy atom. The minimum absolute atomic E-state index is 0.00771. The second kappa shape index (κ2) is 7.13. The van der Waals surface area contributed by atoms with Crippen LogP contribution in [0.1, 0.15) is 51.4 Å². The molecule has 0 aromatic rings. The van der Waals surface area contributed by atoms with Crippen LogP contribution in [0, 0.1) is 17.8 Å². The van der Waals surface area contributed by atoms with Crippen LogP contribution in [0.5, 0.6) is 0 Å². The molecule has 1 heterocycles. The highest BCUT2D eigenvalue weighted by atomic mass is 16.5. The van der Waals surface area contributed by atoms with Crippen LogP contribution in [-0.2, 0) is 19.1 Å². The third-order valence-electron chi connectivity index (χ3n) is 6.51. The topological polar surface area (TPSA) is 105 Å². The molecule has 4 aliphatic carbocycles. The van der Waals surface area contributed by atoms with Gasteiger partial charge in [0.05, 0.1) is 6.54 Å². The van der Waals surface area contributed by atoms with Gasteiger partial charge in [0, 0.05) is 18.5 Å². The molecule has 5 aliphatic rings. The summed E-state index contributed by atoms with van der Waals surface area (Å²) in [6.07, 6.45) is 7.50. The van der Waals surface area contributed by atoms with Gasteiger partial charge < -0.3 is 15.4 Å². The minimum Gasteiger partial charge on any atom is -0.456 e. The summed E-state index contributed by atoms with van der Waals surface area (Å²) in [5.74, 6) is 1.23. The van der Waals surface area contributed by atoms with E-state index in [0.717, 1.165) is 41.9 Å². The van der Waals surface area contributed by atoms with Crippen LogP contribution in [0.3, 0.4) is 0 Å². The number of hydrogen-bond donors (Lipinski definition) is 2. The second-order valence-corrected chi connectivity index (χ2v) is 8.71. The smallest absolute Gasteiger partial charge is 0.324 e. The van der Waals surface area contributed by atoms with E-state index in [4.69, 9.17) is 4.74 Å². The third kappa shape index (κ3) is 3.94. The number of amides is 4.